The molecule has 0 spiro atoms. The number of amides is 3. The SMILES string of the molecule is CSCC[C@@H](NC(=O)[C@H](Cc1ccc(OC(C)(C)C)cc1)N(C)C(=O)OC(C)(C)C)C(=O)NCCCc1ccccc1. The zero-order valence-corrected chi connectivity index (χ0v) is 27.3. The van der Waals surface area contributed by atoms with Gasteiger partial charge >= 0.3 is 6.09 Å². The quantitative estimate of drug-likeness (QED) is 0.273. The molecule has 0 aromatic heterocycles. The highest BCUT2D eigenvalue weighted by Gasteiger charge is 2.33. The van der Waals surface area contributed by atoms with Crippen LogP contribution in [0, 0.1) is 0 Å². The van der Waals surface area contributed by atoms with E-state index in [-0.39, 0.29) is 17.9 Å². The van der Waals surface area contributed by atoms with Gasteiger partial charge in [0.2, 0.25) is 11.8 Å². The lowest BCUT2D eigenvalue weighted by molar-refractivity contribution is -0.131. The minimum atomic E-state index is -0.892. The van der Waals surface area contributed by atoms with Crippen molar-refractivity contribution >= 4 is 29.7 Å². The number of hydrogen-bond donors (Lipinski definition) is 2. The van der Waals surface area contributed by atoms with Crippen molar-refractivity contribution in [2.45, 2.75) is 90.5 Å². The van der Waals surface area contributed by atoms with Crippen LogP contribution in [0.3, 0.4) is 0 Å². The Morgan fingerprint density at radius 3 is 2.10 bits per heavy atom. The Kier molecular flexibility index (Phi) is 13.7. The number of hydrogen-bond acceptors (Lipinski definition) is 6. The van der Waals surface area contributed by atoms with Crippen molar-refractivity contribution in [1.82, 2.24) is 15.5 Å². The zero-order valence-electron chi connectivity index (χ0n) is 26.5. The van der Waals surface area contributed by atoms with Crippen molar-refractivity contribution in [2.24, 2.45) is 0 Å². The molecule has 0 radical (unpaired) electrons. The van der Waals surface area contributed by atoms with Crippen molar-refractivity contribution in [2.75, 3.05) is 25.6 Å². The fourth-order valence-electron chi connectivity index (χ4n) is 4.18. The number of nitrogens with one attached hydrogen (secondary N) is 2. The van der Waals surface area contributed by atoms with Crippen LogP contribution >= 0.6 is 11.8 Å². The maximum Gasteiger partial charge on any atom is 0.410 e. The van der Waals surface area contributed by atoms with E-state index in [1.807, 2.05) is 69.5 Å². The lowest BCUT2D eigenvalue weighted by Crippen LogP contribution is -2.55. The molecule has 2 atom stereocenters. The molecule has 9 heteroatoms. The molecule has 0 aliphatic carbocycles. The van der Waals surface area contributed by atoms with Gasteiger partial charge in [0.1, 0.15) is 29.0 Å². The topological polar surface area (TPSA) is 97.0 Å². The van der Waals surface area contributed by atoms with Gasteiger partial charge in [0, 0.05) is 20.0 Å². The molecule has 0 heterocycles. The Bertz CT molecular complexity index is 1130. The Hall–Kier alpha value is -3.20. The second-order valence-electron chi connectivity index (χ2n) is 12.4. The van der Waals surface area contributed by atoms with Gasteiger partial charge in [0.05, 0.1) is 0 Å². The number of aryl methyl sites for hydroxylation is 1. The smallest absolute Gasteiger partial charge is 0.410 e. The van der Waals surface area contributed by atoms with Crippen LogP contribution in [0.1, 0.15) is 65.5 Å². The number of ether oxygens (including phenoxy) is 2. The molecular weight excluding hydrogens is 550 g/mol. The van der Waals surface area contributed by atoms with Crippen LogP contribution in [-0.4, -0.2) is 71.7 Å². The maximum absolute atomic E-state index is 13.7. The lowest BCUT2D eigenvalue weighted by Gasteiger charge is -2.31. The largest absolute Gasteiger partial charge is 0.488 e. The molecule has 2 rings (SSSR count). The highest BCUT2D eigenvalue weighted by molar-refractivity contribution is 7.98. The molecule has 2 aromatic rings. The summed E-state index contributed by atoms with van der Waals surface area (Å²) < 4.78 is 11.5. The van der Waals surface area contributed by atoms with Gasteiger partial charge in [0.15, 0.2) is 0 Å². The molecule has 0 bridgehead atoms. The van der Waals surface area contributed by atoms with E-state index >= 15 is 0 Å². The normalized spacial score (nSPS) is 13.0. The van der Waals surface area contributed by atoms with Gasteiger partial charge in [-0.05, 0) is 96.1 Å². The number of carbonyl (C=O) groups is 3. The first-order chi connectivity index (χ1) is 19.7. The Labute approximate surface area is 256 Å². The first-order valence-electron chi connectivity index (χ1n) is 14.5. The van der Waals surface area contributed by atoms with Gasteiger partial charge in [-0.3, -0.25) is 14.5 Å². The summed E-state index contributed by atoms with van der Waals surface area (Å²) in [6.07, 6.45) is 3.71. The first kappa shape index (κ1) is 35.0. The molecule has 3 amide bonds. The minimum absolute atomic E-state index is 0.229. The van der Waals surface area contributed by atoms with Gasteiger partial charge in [-0.25, -0.2) is 4.79 Å². The number of benzene rings is 2. The molecule has 0 unspecified atom stereocenters. The Morgan fingerprint density at radius 2 is 1.52 bits per heavy atom. The summed E-state index contributed by atoms with van der Waals surface area (Å²) in [5, 5.41) is 5.91. The summed E-state index contributed by atoms with van der Waals surface area (Å²) in [4.78, 5) is 41.2. The Morgan fingerprint density at radius 1 is 0.881 bits per heavy atom. The van der Waals surface area contributed by atoms with Gasteiger partial charge in [-0.2, -0.15) is 11.8 Å². The summed E-state index contributed by atoms with van der Waals surface area (Å²) in [5.74, 6) is 0.773. The van der Waals surface area contributed by atoms with Crippen LogP contribution in [0.5, 0.6) is 5.75 Å². The zero-order chi connectivity index (χ0) is 31.3. The summed E-state index contributed by atoms with van der Waals surface area (Å²) in [5.41, 5.74) is 0.996. The number of rotatable bonds is 14. The number of carbonyl (C=O) groups excluding carboxylic acids is 3. The van der Waals surface area contributed by atoms with E-state index < -0.39 is 29.7 Å². The second-order valence-corrected chi connectivity index (χ2v) is 13.4. The fourth-order valence-corrected chi connectivity index (χ4v) is 4.65. The van der Waals surface area contributed by atoms with E-state index in [2.05, 4.69) is 22.8 Å². The molecule has 8 nitrogen and oxygen atoms in total. The predicted molar refractivity (Wildman–Crippen MR) is 171 cm³/mol. The monoisotopic (exact) mass is 599 g/mol. The molecular formula is C33H49N3O5S. The second kappa shape index (κ2) is 16.4. The van der Waals surface area contributed by atoms with Crippen molar-refractivity contribution < 1.29 is 23.9 Å². The molecule has 0 aliphatic rings. The molecule has 0 saturated heterocycles. The molecule has 2 aromatic carbocycles. The van der Waals surface area contributed by atoms with E-state index in [0.29, 0.717) is 24.5 Å². The standard InChI is InChI=1S/C33H49N3O5S/c1-32(2,3)40-26-18-16-25(17-19-26)23-28(36(7)31(39)41-33(4,5)6)30(38)35-27(20-22-42-8)29(37)34-21-12-15-24-13-10-9-11-14-24/h9-11,13-14,16-19,27-28H,12,15,20-23H2,1-8H3,(H,34,37)(H,35,38)/t27-,28+/m1/s1. The van der Waals surface area contributed by atoms with Crippen molar-refractivity contribution in [3.05, 3.63) is 65.7 Å². The van der Waals surface area contributed by atoms with E-state index in [0.717, 1.165) is 18.4 Å². The summed E-state index contributed by atoms with van der Waals surface area (Å²) in [6, 6.07) is 16.0. The number of nitrogens with zero attached hydrogens (tertiary/aromatic N) is 1. The highest BCUT2D eigenvalue weighted by Crippen LogP contribution is 2.21. The Balaban J connectivity index is 2.16. The molecule has 0 fully saturated rings. The van der Waals surface area contributed by atoms with E-state index in [1.54, 1.807) is 39.6 Å². The van der Waals surface area contributed by atoms with Gasteiger partial charge in [0.25, 0.3) is 0 Å². The molecule has 0 saturated carbocycles. The molecule has 2 N–H and O–H groups in total. The van der Waals surface area contributed by atoms with Crippen LogP contribution in [0.25, 0.3) is 0 Å². The maximum atomic E-state index is 13.7. The van der Waals surface area contributed by atoms with E-state index in [4.69, 9.17) is 9.47 Å². The summed E-state index contributed by atoms with van der Waals surface area (Å²) in [6.45, 7) is 11.8. The minimum Gasteiger partial charge on any atom is -0.488 e. The van der Waals surface area contributed by atoms with E-state index in [9.17, 15) is 14.4 Å². The third kappa shape index (κ3) is 13.2. The predicted octanol–water partition coefficient (Wildman–Crippen LogP) is 5.63. The molecule has 232 valence electrons. The van der Waals surface area contributed by atoms with Crippen LogP contribution in [0.2, 0.25) is 0 Å². The lowest BCUT2D eigenvalue weighted by atomic mass is 10.0. The van der Waals surface area contributed by atoms with Crippen molar-refractivity contribution in [3.63, 3.8) is 0 Å². The van der Waals surface area contributed by atoms with Gasteiger partial charge in [-0.1, -0.05) is 42.5 Å². The summed E-state index contributed by atoms with van der Waals surface area (Å²) in [7, 11) is 1.55. The number of likely N-dealkylation sites (N-methyl/N-ethyl adjacent to an activating group) is 1. The molecule has 0 aliphatic heterocycles. The van der Waals surface area contributed by atoms with Crippen LogP contribution in [-0.2, 0) is 27.2 Å². The van der Waals surface area contributed by atoms with Crippen molar-refractivity contribution in [3.8, 4) is 5.75 Å². The van der Waals surface area contributed by atoms with Gasteiger partial charge < -0.3 is 20.1 Å². The number of thioether (sulfide) groups is 1. The van der Waals surface area contributed by atoms with Crippen LogP contribution < -0.4 is 15.4 Å². The summed E-state index contributed by atoms with van der Waals surface area (Å²) >= 11 is 1.61. The van der Waals surface area contributed by atoms with Gasteiger partial charge in [-0.15, -0.1) is 0 Å². The molecule has 42 heavy (non-hydrogen) atoms. The third-order valence-electron chi connectivity index (χ3n) is 6.26. The average molecular weight is 600 g/mol. The fraction of sp³-hybridized carbons (Fsp3) is 0.545. The van der Waals surface area contributed by atoms with Crippen molar-refractivity contribution in [1.29, 1.82) is 0 Å². The first-order valence-corrected chi connectivity index (χ1v) is 15.9. The third-order valence-corrected chi connectivity index (χ3v) is 6.90. The van der Waals surface area contributed by atoms with E-state index in [1.165, 1.54) is 10.5 Å². The average Bonchev–Trinajstić information content (AvgIpc) is 2.91. The van der Waals surface area contributed by atoms with Crippen LogP contribution in [0.4, 0.5) is 4.79 Å². The highest BCUT2D eigenvalue weighted by atomic mass is 32.2. The van der Waals surface area contributed by atoms with Crippen LogP contribution in [0.15, 0.2) is 54.6 Å².